The highest BCUT2D eigenvalue weighted by molar-refractivity contribution is 7.89. The number of benzene rings is 1. The molecule has 7 nitrogen and oxygen atoms in total. The predicted octanol–water partition coefficient (Wildman–Crippen LogP) is 0.528. The number of nitrogens with one attached hydrogen (secondary N) is 2. The van der Waals surface area contributed by atoms with Crippen molar-refractivity contribution in [2.45, 2.75) is 4.90 Å². The zero-order chi connectivity index (χ0) is 18.7. The van der Waals surface area contributed by atoms with Gasteiger partial charge in [-0.15, -0.1) is 0 Å². The fourth-order valence-corrected chi connectivity index (χ4v) is 4.89. The van der Waals surface area contributed by atoms with Gasteiger partial charge in [0.05, 0.1) is 56.5 Å². The Morgan fingerprint density at radius 1 is 1.27 bits per heavy atom. The minimum Gasteiger partial charge on any atom is -0.495 e. The second-order valence-corrected chi connectivity index (χ2v) is 8.91. The van der Waals surface area contributed by atoms with Gasteiger partial charge in [-0.3, -0.25) is 4.79 Å². The molecule has 9 heteroatoms. The van der Waals surface area contributed by atoms with Crippen molar-refractivity contribution in [1.82, 2.24) is 4.31 Å². The first kappa shape index (κ1) is 18.8. The highest BCUT2D eigenvalue weighted by Gasteiger charge is 2.29. The number of carbonyl (C=O) groups is 1. The molecule has 0 aliphatic carbocycles. The number of thiophene rings is 1. The largest absolute Gasteiger partial charge is 0.495 e. The van der Waals surface area contributed by atoms with Crippen LogP contribution in [0.1, 0.15) is 10.4 Å². The molecule has 3 rings (SSSR count). The van der Waals surface area contributed by atoms with E-state index in [9.17, 15) is 13.2 Å². The molecule has 1 aliphatic rings. The van der Waals surface area contributed by atoms with Crippen molar-refractivity contribution in [2.75, 3.05) is 45.7 Å². The predicted molar refractivity (Wildman–Crippen MR) is 101 cm³/mol. The number of hydrogen-bond donors (Lipinski definition) is 2. The van der Waals surface area contributed by atoms with E-state index >= 15 is 0 Å². The van der Waals surface area contributed by atoms with Gasteiger partial charge in [-0.2, -0.15) is 15.6 Å². The van der Waals surface area contributed by atoms with Crippen LogP contribution < -0.4 is 15.0 Å². The number of sulfonamides is 1. The molecule has 2 heterocycles. The minimum atomic E-state index is -3.61. The van der Waals surface area contributed by atoms with Crippen molar-refractivity contribution in [3.8, 4) is 5.75 Å². The molecule has 0 atom stereocenters. The van der Waals surface area contributed by atoms with Gasteiger partial charge in [-0.25, -0.2) is 8.42 Å². The van der Waals surface area contributed by atoms with E-state index < -0.39 is 10.0 Å². The van der Waals surface area contributed by atoms with Crippen LogP contribution >= 0.6 is 11.3 Å². The van der Waals surface area contributed by atoms with Crippen LogP contribution in [0.5, 0.6) is 5.75 Å². The number of likely N-dealkylation sites (N-methyl/N-ethyl adjacent to an activating group) is 1. The number of methoxy groups -OCH3 is 1. The fraction of sp³-hybridized carbons (Fsp3) is 0.353. The number of anilines is 1. The van der Waals surface area contributed by atoms with Crippen molar-refractivity contribution in [3.05, 3.63) is 40.6 Å². The quantitative estimate of drug-likeness (QED) is 0.773. The van der Waals surface area contributed by atoms with Crippen LogP contribution in [0.4, 0.5) is 5.69 Å². The third-order valence-corrected chi connectivity index (χ3v) is 6.99. The molecule has 2 aromatic rings. The Bertz CT molecular complexity index is 873. The Hall–Kier alpha value is -1.94. The summed E-state index contributed by atoms with van der Waals surface area (Å²) in [7, 11) is -0.0772. The fourth-order valence-electron chi connectivity index (χ4n) is 2.79. The lowest BCUT2D eigenvalue weighted by atomic mass is 10.2. The number of carbonyl (C=O) groups excluding carboxylic acids is 1. The van der Waals surface area contributed by atoms with E-state index in [1.807, 2.05) is 5.38 Å². The summed E-state index contributed by atoms with van der Waals surface area (Å²) in [4.78, 5) is 13.8. The first-order valence-electron chi connectivity index (χ1n) is 8.25. The van der Waals surface area contributed by atoms with Crippen LogP contribution in [-0.4, -0.2) is 59.0 Å². The molecule has 0 radical (unpaired) electrons. The van der Waals surface area contributed by atoms with Gasteiger partial charge in [0.2, 0.25) is 10.0 Å². The van der Waals surface area contributed by atoms with Gasteiger partial charge in [0, 0.05) is 5.38 Å². The van der Waals surface area contributed by atoms with E-state index in [1.165, 1.54) is 39.8 Å². The lowest BCUT2D eigenvalue weighted by Gasteiger charge is -2.29. The summed E-state index contributed by atoms with van der Waals surface area (Å²) in [5.74, 6) is 0.109. The van der Waals surface area contributed by atoms with Gasteiger partial charge in [0.15, 0.2) is 0 Å². The second-order valence-electron chi connectivity index (χ2n) is 6.19. The standard InChI is InChI=1S/C17H21N3O4S2/c1-19-6-8-20(9-7-19)26(22,23)14-3-4-16(24-2)15(11-14)18-17(21)13-5-10-25-12-13/h3-5,10-12H,6-9H2,1-2H3,(H,18,21)/p+1. The van der Waals surface area contributed by atoms with Gasteiger partial charge in [0.25, 0.3) is 5.91 Å². The summed E-state index contributed by atoms with van der Waals surface area (Å²) in [6, 6.07) is 6.25. The highest BCUT2D eigenvalue weighted by atomic mass is 32.2. The van der Waals surface area contributed by atoms with E-state index in [0.29, 0.717) is 30.1 Å². The number of hydrogen-bond acceptors (Lipinski definition) is 5. The summed E-state index contributed by atoms with van der Waals surface area (Å²) < 4.78 is 32.6. The molecule has 140 valence electrons. The first-order chi connectivity index (χ1) is 12.4. The molecule has 1 aliphatic heterocycles. The zero-order valence-corrected chi connectivity index (χ0v) is 16.3. The summed E-state index contributed by atoms with van der Waals surface area (Å²) >= 11 is 1.42. The molecular weight excluding hydrogens is 374 g/mol. The summed E-state index contributed by atoms with van der Waals surface area (Å²) in [6.07, 6.45) is 0. The molecule has 0 spiro atoms. The lowest BCUT2D eigenvalue weighted by molar-refractivity contribution is -0.883. The Kier molecular flexibility index (Phi) is 5.61. The third kappa shape index (κ3) is 3.90. The van der Waals surface area contributed by atoms with E-state index in [4.69, 9.17) is 4.74 Å². The van der Waals surface area contributed by atoms with Crippen LogP contribution in [0.2, 0.25) is 0 Å². The van der Waals surface area contributed by atoms with Gasteiger partial charge < -0.3 is 15.0 Å². The molecule has 1 aromatic heterocycles. The number of piperazine rings is 1. The van der Waals surface area contributed by atoms with Gasteiger partial charge in [-0.05, 0) is 29.6 Å². The van der Waals surface area contributed by atoms with Crippen LogP contribution in [0.15, 0.2) is 39.9 Å². The van der Waals surface area contributed by atoms with E-state index in [2.05, 4.69) is 12.4 Å². The normalized spacial score (nSPS) is 16.4. The van der Waals surface area contributed by atoms with Crippen molar-refractivity contribution in [1.29, 1.82) is 0 Å². The van der Waals surface area contributed by atoms with Crippen molar-refractivity contribution in [3.63, 3.8) is 0 Å². The van der Waals surface area contributed by atoms with Crippen molar-refractivity contribution < 1.29 is 22.8 Å². The molecule has 1 saturated heterocycles. The van der Waals surface area contributed by atoms with Crippen LogP contribution in [0.25, 0.3) is 0 Å². The first-order valence-corrected chi connectivity index (χ1v) is 10.6. The van der Waals surface area contributed by atoms with Gasteiger partial charge >= 0.3 is 0 Å². The smallest absolute Gasteiger partial charge is 0.256 e. The average molecular weight is 397 g/mol. The number of quaternary nitrogens is 1. The topological polar surface area (TPSA) is 80.2 Å². The summed E-state index contributed by atoms with van der Waals surface area (Å²) in [5.41, 5.74) is 0.858. The van der Waals surface area contributed by atoms with Crippen molar-refractivity contribution >= 4 is 33.0 Å². The molecule has 1 aromatic carbocycles. The molecule has 1 fully saturated rings. The van der Waals surface area contributed by atoms with E-state index in [0.717, 1.165) is 13.1 Å². The van der Waals surface area contributed by atoms with Crippen molar-refractivity contribution in [2.24, 2.45) is 0 Å². The Morgan fingerprint density at radius 3 is 2.62 bits per heavy atom. The van der Waals surface area contributed by atoms with Gasteiger partial charge in [-0.1, -0.05) is 0 Å². The Labute approximate surface area is 157 Å². The molecule has 0 bridgehead atoms. The minimum absolute atomic E-state index is 0.151. The monoisotopic (exact) mass is 396 g/mol. The molecular formula is C17H22N3O4S2+. The number of ether oxygens (including phenoxy) is 1. The Morgan fingerprint density at radius 2 is 2.00 bits per heavy atom. The SMILES string of the molecule is COc1ccc(S(=O)(=O)N2CC[NH+](C)CC2)cc1NC(=O)c1ccsc1. The Balaban J connectivity index is 1.88. The molecule has 1 amide bonds. The zero-order valence-electron chi connectivity index (χ0n) is 14.7. The molecule has 0 saturated carbocycles. The van der Waals surface area contributed by atoms with Gasteiger partial charge in [0.1, 0.15) is 5.75 Å². The summed E-state index contributed by atoms with van der Waals surface area (Å²) in [6.45, 7) is 2.52. The molecule has 0 unspecified atom stereocenters. The van der Waals surface area contributed by atoms with Crippen LogP contribution in [0, 0.1) is 0 Å². The van der Waals surface area contributed by atoms with E-state index in [1.54, 1.807) is 17.5 Å². The maximum absolute atomic E-state index is 12.9. The van der Waals surface area contributed by atoms with E-state index in [-0.39, 0.29) is 10.8 Å². The highest BCUT2D eigenvalue weighted by Crippen LogP contribution is 2.29. The number of rotatable bonds is 5. The van der Waals surface area contributed by atoms with Crippen LogP contribution in [0.3, 0.4) is 0 Å². The maximum Gasteiger partial charge on any atom is 0.256 e. The molecule has 26 heavy (non-hydrogen) atoms. The number of amides is 1. The van der Waals surface area contributed by atoms with Crippen LogP contribution in [-0.2, 0) is 10.0 Å². The third-order valence-electron chi connectivity index (χ3n) is 4.42. The second kappa shape index (κ2) is 7.75. The molecule has 2 N–H and O–H groups in total. The average Bonchev–Trinajstić information content (AvgIpc) is 3.17. The summed E-state index contributed by atoms with van der Waals surface area (Å²) in [5, 5.41) is 6.28. The maximum atomic E-state index is 12.9. The lowest BCUT2D eigenvalue weighted by Crippen LogP contribution is -3.12. The number of nitrogens with zero attached hydrogens (tertiary/aromatic N) is 1.